The Bertz CT molecular complexity index is 154. The zero-order chi connectivity index (χ0) is 9.84. The van der Waals surface area contributed by atoms with Crippen LogP contribution in [0.5, 0.6) is 0 Å². The van der Waals surface area contributed by atoms with Crippen molar-refractivity contribution in [3.05, 3.63) is 0 Å². The highest BCUT2D eigenvalue weighted by Gasteiger charge is 2.31. The summed E-state index contributed by atoms with van der Waals surface area (Å²) in [6, 6.07) is 0. The molecule has 0 amide bonds. The van der Waals surface area contributed by atoms with E-state index in [-0.39, 0.29) is 5.92 Å². The van der Waals surface area contributed by atoms with E-state index in [0.717, 1.165) is 6.42 Å². The topological polar surface area (TPSA) is 72.7 Å². The van der Waals surface area contributed by atoms with E-state index in [1.807, 2.05) is 0 Å². The maximum atomic E-state index is 9.62. The lowest BCUT2D eigenvalue weighted by atomic mass is 9.82. The lowest BCUT2D eigenvalue weighted by Gasteiger charge is -2.32. The molecule has 4 heteroatoms. The van der Waals surface area contributed by atoms with Gasteiger partial charge in [-0.25, -0.2) is 0 Å². The Hall–Kier alpha value is -0.160. The molecule has 0 aromatic rings. The number of hydrogen-bond acceptors (Lipinski definition) is 4. The van der Waals surface area contributed by atoms with Gasteiger partial charge in [-0.05, 0) is 32.2 Å². The zero-order valence-electron chi connectivity index (χ0n) is 7.98. The molecule has 1 aliphatic rings. The summed E-state index contributed by atoms with van der Waals surface area (Å²) in [4.78, 5) is 0. The van der Waals surface area contributed by atoms with Crippen LogP contribution in [-0.2, 0) is 0 Å². The molecular formula is C9H19NO3. The SMILES string of the molecule is CNC[C@H](O)C1CCC(O)C(O)C1. The largest absolute Gasteiger partial charge is 0.392 e. The fourth-order valence-corrected chi connectivity index (χ4v) is 1.89. The molecule has 78 valence electrons. The van der Waals surface area contributed by atoms with Crippen molar-refractivity contribution < 1.29 is 15.3 Å². The van der Waals surface area contributed by atoms with Gasteiger partial charge in [-0.1, -0.05) is 0 Å². The van der Waals surface area contributed by atoms with Crippen LogP contribution in [0.15, 0.2) is 0 Å². The fraction of sp³-hybridized carbons (Fsp3) is 1.00. The molecule has 0 radical (unpaired) electrons. The second-order valence-corrected chi connectivity index (χ2v) is 3.83. The van der Waals surface area contributed by atoms with Gasteiger partial charge in [0.1, 0.15) is 0 Å². The normalized spacial score (nSPS) is 37.4. The van der Waals surface area contributed by atoms with Crippen LogP contribution >= 0.6 is 0 Å². The Morgan fingerprint density at radius 2 is 2.00 bits per heavy atom. The molecule has 0 bridgehead atoms. The Labute approximate surface area is 78.6 Å². The Kier molecular flexibility index (Phi) is 4.12. The third-order valence-electron chi connectivity index (χ3n) is 2.78. The maximum absolute atomic E-state index is 9.62. The number of rotatable bonds is 3. The quantitative estimate of drug-likeness (QED) is 0.464. The van der Waals surface area contributed by atoms with Gasteiger partial charge in [-0.3, -0.25) is 0 Å². The lowest BCUT2D eigenvalue weighted by Crippen LogP contribution is -2.40. The predicted molar refractivity (Wildman–Crippen MR) is 49.3 cm³/mol. The molecule has 0 saturated heterocycles. The number of aliphatic hydroxyl groups excluding tert-OH is 3. The zero-order valence-corrected chi connectivity index (χ0v) is 7.98. The molecule has 3 unspecified atom stereocenters. The van der Waals surface area contributed by atoms with E-state index in [2.05, 4.69) is 5.32 Å². The molecule has 0 aromatic heterocycles. The van der Waals surface area contributed by atoms with Crippen molar-refractivity contribution in [2.45, 2.75) is 37.6 Å². The Balaban J connectivity index is 2.36. The Morgan fingerprint density at radius 1 is 1.31 bits per heavy atom. The average molecular weight is 189 g/mol. The van der Waals surface area contributed by atoms with Crippen molar-refractivity contribution in [1.29, 1.82) is 0 Å². The van der Waals surface area contributed by atoms with Gasteiger partial charge >= 0.3 is 0 Å². The van der Waals surface area contributed by atoms with E-state index >= 15 is 0 Å². The van der Waals surface area contributed by atoms with E-state index in [0.29, 0.717) is 19.4 Å². The van der Waals surface area contributed by atoms with E-state index in [4.69, 9.17) is 0 Å². The summed E-state index contributed by atoms with van der Waals surface area (Å²) < 4.78 is 0. The van der Waals surface area contributed by atoms with Gasteiger partial charge in [-0.15, -0.1) is 0 Å². The number of nitrogens with one attached hydrogen (secondary N) is 1. The van der Waals surface area contributed by atoms with Gasteiger partial charge in [0, 0.05) is 6.54 Å². The molecule has 1 aliphatic carbocycles. The third-order valence-corrected chi connectivity index (χ3v) is 2.78. The second kappa shape index (κ2) is 4.91. The van der Waals surface area contributed by atoms with Gasteiger partial charge in [0.2, 0.25) is 0 Å². The second-order valence-electron chi connectivity index (χ2n) is 3.83. The molecule has 0 spiro atoms. The standard InChI is InChI=1S/C9H19NO3/c1-10-5-9(13)6-2-3-7(11)8(12)4-6/h6-13H,2-5H2,1H3/t6?,7?,8?,9-/m0/s1. The molecule has 4 atom stereocenters. The first-order valence-electron chi connectivity index (χ1n) is 4.84. The summed E-state index contributed by atoms with van der Waals surface area (Å²) in [6.45, 7) is 0.549. The summed E-state index contributed by atoms with van der Waals surface area (Å²) in [7, 11) is 1.79. The van der Waals surface area contributed by atoms with E-state index < -0.39 is 18.3 Å². The van der Waals surface area contributed by atoms with Crippen LogP contribution in [-0.4, -0.2) is 47.2 Å². The molecule has 1 fully saturated rings. The summed E-state index contributed by atoms with van der Waals surface area (Å²) in [5.74, 6) is 0.117. The van der Waals surface area contributed by atoms with E-state index in [9.17, 15) is 15.3 Å². The molecule has 1 rings (SSSR count). The summed E-state index contributed by atoms with van der Waals surface area (Å²) in [5.41, 5.74) is 0. The molecule has 1 saturated carbocycles. The highest BCUT2D eigenvalue weighted by Crippen LogP contribution is 2.27. The molecule has 4 N–H and O–H groups in total. The third kappa shape index (κ3) is 2.91. The molecular weight excluding hydrogens is 170 g/mol. The number of hydrogen-bond donors (Lipinski definition) is 4. The van der Waals surface area contributed by atoms with Crippen molar-refractivity contribution in [3.8, 4) is 0 Å². The van der Waals surface area contributed by atoms with Crippen molar-refractivity contribution >= 4 is 0 Å². The first-order chi connectivity index (χ1) is 6.15. The van der Waals surface area contributed by atoms with Gasteiger partial charge in [0.05, 0.1) is 18.3 Å². The summed E-state index contributed by atoms with van der Waals surface area (Å²) in [5, 5.41) is 31.2. The van der Waals surface area contributed by atoms with E-state index in [1.165, 1.54) is 0 Å². The predicted octanol–water partition coefficient (Wildman–Crippen LogP) is -0.911. The van der Waals surface area contributed by atoms with Crippen LogP contribution in [0.3, 0.4) is 0 Å². The minimum absolute atomic E-state index is 0.117. The van der Waals surface area contributed by atoms with E-state index in [1.54, 1.807) is 7.05 Å². The highest BCUT2D eigenvalue weighted by atomic mass is 16.3. The smallest absolute Gasteiger partial charge is 0.0802 e. The van der Waals surface area contributed by atoms with Crippen molar-refractivity contribution in [1.82, 2.24) is 5.32 Å². The molecule has 0 aromatic carbocycles. The molecule has 0 heterocycles. The summed E-state index contributed by atoms with van der Waals surface area (Å²) >= 11 is 0. The van der Waals surface area contributed by atoms with Gasteiger partial charge in [-0.2, -0.15) is 0 Å². The van der Waals surface area contributed by atoms with Crippen molar-refractivity contribution in [2.75, 3.05) is 13.6 Å². The van der Waals surface area contributed by atoms with Gasteiger partial charge in [0.15, 0.2) is 0 Å². The first-order valence-corrected chi connectivity index (χ1v) is 4.84. The monoisotopic (exact) mass is 189 g/mol. The number of aliphatic hydroxyl groups is 3. The van der Waals surface area contributed by atoms with Gasteiger partial charge in [0.25, 0.3) is 0 Å². The van der Waals surface area contributed by atoms with Crippen molar-refractivity contribution in [3.63, 3.8) is 0 Å². The first kappa shape index (κ1) is 10.9. The van der Waals surface area contributed by atoms with Crippen molar-refractivity contribution in [2.24, 2.45) is 5.92 Å². The minimum Gasteiger partial charge on any atom is -0.392 e. The van der Waals surface area contributed by atoms with Crippen LogP contribution < -0.4 is 5.32 Å². The van der Waals surface area contributed by atoms with Crippen LogP contribution in [0.4, 0.5) is 0 Å². The fourth-order valence-electron chi connectivity index (χ4n) is 1.89. The maximum Gasteiger partial charge on any atom is 0.0802 e. The van der Waals surface area contributed by atoms with Crippen LogP contribution in [0.1, 0.15) is 19.3 Å². The van der Waals surface area contributed by atoms with Gasteiger partial charge < -0.3 is 20.6 Å². The molecule has 13 heavy (non-hydrogen) atoms. The lowest BCUT2D eigenvalue weighted by molar-refractivity contribution is -0.0487. The minimum atomic E-state index is -0.662. The molecule has 4 nitrogen and oxygen atoms in total. The van der Waals surface area contributed by atoms with Crippen LogP contribution in [0, 0.1) is 5.92 Å². The average Bonchev–Trinajstić information content (AvgIpc) is 2.10. The van der Waals surface area contributed by atoms with Crippen LogP contribution in [0.25, 0.3) is 0 Å². The summed E-state index contributed by atoms with van der Waals surface area (Å²) in [6.07, 6.45) is 0.216. The number of likely N-dealkylation sites (N-methyl/N-ethyl adjacent to an activating group) is 1. The molecule has 0 aliphatic heterocycles. The Morgan fingerprint density at radius 3 is 2.54 bits per heavy atom. The van der Waals surface area contributed by atoms with Crippen LogP contribution in [0.2, 0.25) is 0 Å². The highest BCUT2D eigenvalue weighted by molar-refractivity contribution is 4.83.